The molecule has 1 atom stereocenters. The molecule has 0 amide bonds. The second-order valence-electron chi connectivity index (χ2n) is 4.50. The lowest BCUT2D eigenvalue weighted by molar-refractivity contribution is -0.141. The van der Waals surface area contributed by atoms with Gasteiger partial charge < -0.3 is 9.67 Å². The predicted molar refractivity (Wildman–Crippen MR) is 73.5 cm³/mol. The van der Waals surface area contributed by atoms with Gasteiger partial charge in [-0.1, -0.05) is 22.9 Å². The second-order valence-corrected chi connectivity index (χ2v) is 5.41. The first-order chi connectivity index (χ1) is 8.49. The van der Waals surface area contributed by atoms with Crippen LogP contribution in [-0.4, -0.2) is 20.6 Å². The maximum Gasteiger partial charge on any atom is 0.306 e. The number of aliphatic carboxylic acids is 1. The Morgan fingerprint density at radius 2 is 2.28 bits per heavy atom. The van der Waals surface area contributed by atoms with E-state index in [0.717, 1.165) is 21.3 Å². The molecule has 1 aromatic heterocycles. The maximum atomic E-state index is 10.8. The maximum absolute atomic E-state index is 10.8. The molecule has 0 fully saturated rings. The van der Waals surface area contributed by atoms with Crippen molar-refractivity contribution in [2.75, 3.05) is 0 Å². The number of hydrogen-bond donors (Lipinski definition) is 1. The van der Waals surface area contributed by atoms with Crippen LogP contribution in [-0.2, 0) is 18.3 Å². The second kappa shape index (κ2) is 5.10. The average Bonchev–Trinajstić information content (AvgIpc) is 2.63. The van der Waals surface area contributed by atoms with Gasteiger partial charge in [0.1, 0.15) is 5.82 Å². The fourth-order valence-corrected chi connectivity index (χ4v) is 2.25. The molecule has 5 heteroatoms. The lowest BCUT2D eigenvalue weighted by Crippen LogP contribution is -2.11. The zero-order valence-corrected chi connectivity index (χ0v) is 11.9. The highest BCUT2D eigenvalue weighted by Crippen LogP contribution is 2.21. The van der Waals surface area contributed by atoms with Gasteiger partial charge >= 0.3 is 5.97 Å². The van der Waals surface area contributed by atoms with E-state index < -0.39 is 5.97 Å². The molecule has 1 aromatic carbocycles. The number of fused-ring (bicyclic) bond motifs is 1. The van der Waals surface area contributed by atoms with E-state index in [1.165, 1.54) is 0 Å². The van der Waals surface area contributed by atoms with E-state index in [1.54, 1.807) is 6.92 Å². The highest BCUT2D eigenvalue weighted by molar-refractivity contribution is 9.10. The molecular formula is C13H15BrN2O2. The number of aryl methyl sites for hydroxylation is 2. The van der Waals surface area contributed by atoms with Crippen LogP contribution < -0.4 is 0 Å². The molecule has 0 saturated carbocycles. The average molecular weight is 311 g/mol. The van der Waals surface area contributed by atoms with Crippen LogP contribution in [0.15, 0.2) is 22.7 Å². The van der Waals surface area contributed by atoms with E-state index in [-0.39, 0.29) is 5.92 Å². The van der Waals surface area contributed by atoms with Crippen molar-refractivity contribution in [2.24, 2.45) is 13.0 Å². The minimum absolute atomic E-state index is 0.337. The van der Waals surface area contributed by atoms with Crippen LogP contribution in [0.4, 0.5) is 0 Å². The topological polar surface area (TPSA) is 55.1 Å². The SMILES string of the molecule is CC(CCc1nc2ccc(Br)cc2n1C)C(=O)O. The number of imidazole rings is 1. The van der Waals surface area contributed by atoms with Gasteiger partial charge in [-0.3, -0.25) is 4.79 Å². The van der Waals surface area contributed by atoms with Crippen molar-refractivity contribution >= 4 is 32.9 Å². The molecule has 4 nitrogen and oxygen atoms in total. The normalized spacial score (nSPS) is 12.8. The van der Waals surface area contributed by atoms with E-state index in [1.807, 2.05) is 29.8 Å². The third-order valence-electron chi connectivity index (χ3n) is 3.16. The molecule has 0 saturated heterocycles. The fraction of sp³-hybridized carbons (Fsp3) is 0.385. The summed E-state index contributed by atoms with van der Waals surface area (Å²) in [5.41, 5.74) is 2.00. The van der Waals surface area contributed by atoms with Crippen molar-refractivity contribution in [3.05, 3.63) is 28.5 Å². The van der Waals surface area contributed by atoms with E-state index >= 15 is 0 Å². The molecule has 2 rings (SSSR count). The molecule has 0 aliphatic rings. The van der Waals surface area contributed by atoms with Crippen molar-refractivity contribution < 1.29 is 9.90 Å². The van der Waals surface area contributed by atoms with Crippen LogP contribution in [0.5, 0.6) is 0 Å². The van der Waals surface area contributed by atoms with Crippen LogP contribution in [0, 0.1) is 5.92 Å². The molecule has 0 bridgehead atoms. The van der Waals surface area contributed by atoms with Gasteiger partial charge in [-0.15, -0.1) is 0 Å². The Kier molecular flexibility index (Phi) is 3.71. The number of hydrogen-bond acceptors (Lipinski definition) is 2. The van der Waals surface area contributed by atoms with Crippen LogP contribution in [0.2, 0.25) is 0 Å². The predicted octanol–water partition coefficient (Wildman–Crippen LogP) is 2.99. The quantitative estimate of drug-likeness (QED) is 0.944. The third kappa shape index (κ3) is 2.56. The monoisotopic (exact) mass is 310 g/mol. The number of nitrogens with zero attached hydrogens (tertiary/aromatic N) is 2. The minimum Gasteiger partial charge on any atom is -0.481 e. The van der Waals surface area contributed by atoms with E-state index in [2.05, 4.69) is 20.9 Å². The van der Waals surface area contributed by atoms with E-state index in [0.29, 0.717) is 12.8 Å². The molecule has 1 N–H and O–H groups in total. The van der Waals surface area contributed by atoms with Gasteiger partial charge in [0, 0.05) is 17.9 Å². The van der Waals surface area contributed by atoms with Crippen molar-refractivity contribution in [1.82, 2.24) is 9.55 Å². The van der Waals surface area contributed by atoms with Crippen LogP contribution in [0.25, 0.3) is 11.0 Å². The van der Waals surface area contributed by atoms with Gasteiger partial charge in [0.15, 0.2) is 0 Å². The Morgan fingerprint density at radius 3 is 2.94 bits per heavy atom. The van der Waals surface area contributed by atoms with Gasteiger partial charge in [0.05, 0.1) is 17.0 Å². The van der Waals surface area contributed by atoms with Crippen LogP contribution in [0.3, 0.4) is 0 Å². The number of carbonyl (C=O) groups is 1. The molecule has 1 unspecified atom stereocenters. The van der Waals surface area contributed by atoms with Crippen LogP contribution >= 0.6 is 15.9 Å². The standard InChI is InChI=1S/C13H15BrN2O2/c1-8(13(17)18)3-6-12-15-10-5-4-9(14)7-11(10)16(12)2/h4-5,7-8H,3,6H2,1-2H3,(H,17,18). The van der Waals surface area contributed by atoms with E-state index in [4.69, 9.17) is 5.11 Å². The summed E-state index contributed by atoms with van der Waals surface area (Å²) in [5, 5.41) is 8.87. The summed E-state index contributed by atoms with van der Waals surface area (Å²) in [6, 6.07) is 5.94. The number of benzene rings is 1. The zero-order chi connectivity index (χ0) is 13.3. The summed E-state index contributed by atoms with van der Waals surface area (Å²) >= 11 is 3.44. The van der Waals surface area contributed by atoms with Crippen molar-refractivity contribution in [3.8, 4) is 0 Å². The van der Waals surface area contributed by atoms with Crippen molar-refractivity contribution in [2.45, 2.75) is 19.8 Å². The number of rotatable bonds is 4. The van der Waals surface area contributed by atoms with Crippen molar-refractivity contribution in [3.63, 3.8) is 0 Å². The lowest BCUT2D eigenvalue weighted by atomic mass is 10.1. The molecule has 0 aliphatic carbocycles. The molecule has 0 aliphatic heterocycles. The Hall–Kier alpha value is -1.36. The molecular weight excluding hydrogens is 296 g/mol. The van der Waals surface area contributed by atoms with Crippen LogP contribution in [0.1, 0.15) is 19.2 Å². The largest absolute Gasteiger partial charge is 0.481 e. The first-order valence-corrected chi connectivity index (χ1v) is 6.62. The number of aromatic nitrogens is 2. The summed E-state index contributed by atoms with van der Waals surface area (Å²) in [6.45, 7) is 1.72. The Morgan fingerprint density at radius 1 is 1.56 bits per heavy atom. The van der Waals surface area contributed by atoms with E-state index in [9.17, 15) is 4.79 Å². The summed E-state index contributed by atoms with van der Waals surface area (Å²) in [6.07, 6.45) is 1.28. The molecule has 96 valence electrons. The first-order valence-electron chi connectivity index (χ1n) is 5.82. The first kappa shape index (κ1) is 13.1. The van der Waals surface area contributed by atoms with Gasteiger partial charge in [0.2, 0.25) is 0 Å². The smallest absolute Gasteiger partial charge is 0.306 e. The van der Waals surface area contributed by atoms with Gasteiger partial charge in [-0.05, 0) is 24.6 Å². The minimum atomic E-state index is -0.753. The summed E-state index contributed by atoms with van der Waals surface area (Å²) in [5.74, 6) is -0.163. The number of carboxylic acids is 1. The Balaban J connectivity index is 2.24. The molecule has 1 heterocycles. The summed E-state index contributed by atoms with van der Waals surface area (Å²) in [7, 11) is 1.96. The lowest BCUT2D eigenvalue weighted by Gasteiger charge is -2.05. The highest BCUT2D eigenvalue weighted by atomic mass is 79.9. The molecule has 2 aromatic rings. The number of carboxylic acid groups (broad SMARTS) is 1. The zero-order valence-electron chi connectivity index (χ0n) is 10.4. The Bertz CT molecular complexity index is 592. The van der Waals surface area contributed by atoms with Gasteiger partial charge in [0.25, 0.3) is 0 Å². The van der Waals surface area contributed by atoms with Gasteiger partial charge in [-0.25, -0.2) is 4.98 Å². The summed E-state index contributed by atoms with van der Waals surface area (Å²) in [4.78, 5) is 15.3. The number of halogens is 1. The summed E-state index contributed by atoms with van der Waals surface area (Å²) < 4.78 is 3.04. The molecule has 18 heavy (non-hydrogen) atoms. The van der Waals surface area contributed by atoms with Gasteiger partial charge in [-0.2, -0.15) is 0 Å². The van der Waals surface area contributed by atoms with Crippen molar-refractivity contribution in [1.29, 1.82) is 0 Å². The fourth-order valence-electron chi connectivity index (χ4n) is 1.91. The third-order valence-corrected chi connectivity index (χ3v) is 3.65. The highest BCUT2D eigenvalue weighted by Gasteiger charge is 2.13. The molecule has 0 spiro atoms. The Labute approximate surface area is 114 Å². The molecule has 0 radical (unpaired) electrons.